The zero-order valence-corrected chi connectivity index (χ0v) is 19.1. The number of ether oxygens (including phenoxy) is 1. The Balaban J connectivity index is 0.00000243. The van der Waals surface area contributed by atoms with Crippen molar-refractivity contribution in [1.82, 2.24) is 20.4 Å². The lowest BCUT2D eigenvalue weighted by molar-refractivity contribution is 0.121. The highest BCUT2D eigenvalue weighted by atomic mass is 127. The maximum Gasteiger partial charge on any atom is 0.191 e. The molecule has 0 aromatic rings. The summed E-state index contributed by atoms with van der Waals surface area (Å²) < 4.78 is 5.18. The third kappa shape index (κ3) is 6.49. The van der Waals surface area contributed by atoms with Gasteiger partial charge in [-0.2, -0.15) is 0 Å². The standard InChI is InChI=1S/C19H37N5O.HI/c1-15-12-17(14-24(15)18-4-5-18)22-19(20-2)21-13-16-6-8-23(9-7-16)10-11-25-3;/h15-18H,4-14H2,1-3H3,(H2,20,21,22);1H. The quantitative estimate of drug-likeness (QED) is 0.331. The van der Waals surface area contributed by atoms with E-state index in [0.29, 0.717) is 12.1 Å². The van der Waals surface area contributed by atoms with Gasteiger partial charge in [0.1, 0.15) is 0 Å². The Morgan fingerprint density at radius 3 is 2.54 bits per heavy atom. The second-order valence-electron chi connectivity index (χ2n) is 8.08. The van der Waals surface area contributed by atoms with Gasteiger partial charge in [-0.3, -0.25) is 9.89 Å². The molecule has 0 amide bonds. The Hall–Kier alpha value is -0.120. The van der Waals surface area contributed by atoms with E-state index >= 15 is 0 Å². The van der Waals surface area contributed by atoms with Crippen LogP contribution in [0.5, 0.6) is 0 Å². The number of halogens is 1. The van der Waals surface area contributed by atoms with E-state index in [1.54, 1.807) is 7.11 Å². The van der Waals surface area contributed by atoms with Crippen molar-refractivity contribution in [1.29, 1.82) is 0 Å². The summed E-state index contributed by atoms with van der Waals surface area (Å²) in [7, 11) is 3.67. The summed E-state index contributed by atoms with van der Waals surface area (Å²) in [5.74, 6) is 1.74. The molecule has 2 atom stereocenters. The van der Waals surface area contributed by atoms with Crippen LogP contribution >= 0.6 is 24.0 Å². The van der Waals surface area contributed by atoms with E-state index in [9.17, 15) is 0 Å². The lowest BCUT2D eigenvalue weighted by atomic mass is 9.97. The Bertz CT molecular complexity index is 438. The van der Waals surface area contributed by atoms with E-state index in [-0.39, 0.29) is 24.0 Å². The van der Waals surface area contributed by atoms with Crippen LogP contribution in [0.3, 0.4) is 0 Å². The Labute approximate surface area is 176 Å². The molecule has 1 aliphatic carbocycles. The Kier molecular flexibility index (Phi) is 9.40. The van der Waals surface area contributed by atoms with Gasteiger partial charge in [0.25, 0.3) is 0 Å². The third-order valence-corrected chi connectivity index (χ3v) is 6.08. The van der Waals surface area contributed by atoms with E-state index < -0.39 is 0 Å². The van der Waals surface area contributed by atoms with Gasteiger partial charge in [-0.25, -0.2) is 0 Å². The Morgan fingerprint density at radius 2 is 1.92 bits per heavy atom. The first-order valence-corrected chi connectivity index (χ1v) is 10.1. The van der Waals surface area contributed by atoms with Crippen molar-refractivity contribution in [3.8, 4) is 0 Å². The van der Waals surface area contributed by atoms with E-state index in [0.717, 1.165) is 37.6 Å². The molecule has 1 saturated carbocycles. The molecule has 0 bridgehead atoms. The third-order valence-electron chi connectivity index (χ3n) is 6.08. The maximum atomic E-state index is 5.18. The predicted octanol–water partition coefficient (Wildman–Crippen LogP) is 1.75. The van der Waals surface area contributed by atoms with E-state index in [1.807, 2.05) is 7.05 Å². The van der Waals surface area contributed by atoms with Gasteiger partial charge in [-0.05, 0) is 58.0 Å². The number of aliphatic imine (C=N–C) groups is 1. The molecule has 2 unspecified atom stereocenters. The number of piperidine rings is 1. The number of hydrogen-bond donors (Lipinski definition) is 2. The van der Waals surface area contributed by atoms with Crippen molar-refractivity contribution in [3.05, 3.63) is 0 Å². The molecular formula is C19H38IN5O. The van der Waals surface area contributed by atoms with E-state index in [4.69, 9.17) is 4.74 Å². The molecule has 2 aliphatic heterocycles. The van der Waals surface area contributed by atoms with Gasteiger partial charge >= 0.3 is 0 Å². The summed E-state index contributed by atoms with van der Waals surface area (Å²) in [6.07, 6.45) is 6.56. The highest BCUT2D eigenvalue weighted by molar-refractivity contribution is 14.0. The van der Waals surface area contributed by atoms with Crippen LogP contribution in [0.25, 0.3) is 0 Å². The van der Waals surface area contributed by atoms with Crippen LogP contribution in [0, 0.1) is 5.92 Å². The molecule has 0 aromatic carbocycles. The fourth-order valence-electron chi connectivity index (χ4n) is 4.34. The number of hydrogen-bond acceptors (Lipinski definition) is 4. The molecule has 2 heterocycles. The molecular weight excluding hydrogens is 441 g/mol. The Morgan fingerprint density at radius 1 is 1.19 bits per heavy atom. The minimum Gasteiger partial charge on any atom is -0.383 e. The molecule has 3 aliphatic rings. The van der Waals surface area contributed by atoms with Crippen molar-refractivity contribution >= 4 is 29.9 Å². The average Bonchev–Trinajstić information content (AvgIpc) is 3.41. The van der Waals surface area contributed by atoms with Crippen LogP contribution < -0.4 is 10.6 Å². The molecule has 6 nitrogen and oxygen atoms in total. The zero-order chi connectivity index (χ0) is 17.6. The first-order chi connectivity index (χ1) is 12.2. The highest BCUT2D eigenvalue weighted by Gasteiger charge is 2.38. The van der Waals surface area contributed by atoms with Gasteiger partial charge in [0.15, 0.2) is 5.96 Å². The first-order valence-electron chi connectivity index (χ1n) is 10.1. The van der Waals surface area contributed by atoms with Crippen LogP contribution in [0.15, 0.2) is 4.99 Å². The number of likely N-dealkylation sites (tertiary alicyclic amines) is 2. The smallest absolute Gasteiger partial charge is 0.191 e. The largest absolute Gasteiger partial charge is 0.383 e. The molecule has 2 N–H and O–H groups in total. The van der Waals surface area contributed by atoms with Crippen LogP contribution in [-0.2, 0) is 4.74 Å². The summed E-state index contributed by atoms with van der Waals surface area (Å²) in [6, 6.07) is 2.11. The predicted molar refractivity (Wildman–Crippen MR) is 119 cm³/mol. The number of methoxy groups -OCH3 is 1. The molecule has 3 fully saturated rings. The van der Waals surface area contributed by atoms with Crippen LogP contribution in [0.2, 0.25) is 0 Å². The van der Waals surface area contributed by atoms with Crippen molar-refractivity contribution in [2.24, 2.45) is 10.9 Å². The van der Waals surface area contributed by atoms with Crippen LogP contribution in [-0.4, -0.2) is 87.4 Å². The lowest BCUT2D eigenvalue weighted by Crippen LogP contribution is -2.47. The summed E-state index contributed by atoms with van der Waals surface area (Å²) in [6.45, 7) is 8.87. The van der Waals surface area contributed by atoms with Crippen molar-refractivity contribution in [2.75, 3.05) is 53.5 Å². The second kappa shape index (κ2) is 11.0. The van der Waals surface area contributed by atoms with Gasteiger partial charge in [0.05, 0.1) is 6.61 Å². The lowest BCUT2D eigenvalue weighted by Gasteiger charge is -2.32. The van der Waals surface area contributed by atoms with Gasteiger partial charge in [-0.15, -0.1) is 24.0 Å². The summed E-state index contributed by atoms with van der Waals surface area (Å²) in [5.41, 5.74) is 0. The summed E-state index contributed by atoms with van der Waals surface area (Å²) in [5, 5.41) is 7.23. The number of guanidine groups is 1. The minimum atomic E-state index is 0. The van der Waals surface area contributed by atoms with Crippen LogP contribution in [0.1, 0.15) is 39.0 Å². The topological polar surface area (TPSA) is 52.1 Å². The molecule has 0 spiro atoms. The molecule has 152 valence electrons. The van der Waals surface area contributed by atoms with Gasteiger partial charge in [0, 0.05) is 51.9 Å². The van der Waals surface area contributed by atoms with E-state index in [2.05, 4.69) is 32.3 Å². The van der Waals surface area contributed by atoms with E-state index in [1.165, 1.54) is 51.7 Å². The monoisotopic (exact) mass is 479 g/mol. The maximum absolute atomic E-state index is 5.18. The summed E-state index contributed by atoms with van der Waals surface area (Å²) >= 11 is 0. The molecule has 0 aromatic heterocycles. The molecule has 3 rings (SSSR count). The number of rotatable bonds is 7. The molecule has 0 radical (unpaired) electrons. The normalized spacial score (nSPS) is 28.8. The van der Waals surface area contributed by atoms with Crippen LogP contribution in [0.4, 0.5) is 0 Å². The highest BCUT2D eigenvalue weighted by Crippen LogP contribution is 2.33. The molecule has 2 saturated heterocycles. The zero-order valence-electron chi connectivity index (χ0n) is 16.7. The number of nitrogens with zero attached hydrogens (tertiary/aromatic N) is 3. The molecule has 26 heavy (non-hydrogen) atoms. The number of nitrogens with one attached hydrogen (secondary N) is 2. The van der Waals surface area contributed by atoms with Crippen molar-refractivity contribution in [2.45, 2.75) is 57.2 Å². The molecule has 7 heteroatoms. The fourth-order valence-corrected chi connectivity index (χ4v) is 4.34. The summed E-state index contributed by atoms with van der Waals surface area (Å²) in [4.78, 5) is 9.65. The second-order valence-corrected chi connectivity index (χ2v) is 8.08. The first kappa shape index (κ1) is 22.2. The average molecular weight is 479 g/mol. The van der Waals surface area contributed by atoms with Crippen molar-refractivity contribution < 1.29 is 4.74 Å². The van der Waals surface area contributed by atoms with Crippen molar-refractivity contribution in [3.63, 3.8) is 0 Å². The van der Waals surface area contributed by atoms with Gasteiger partial charge < -0.3 is 20.3 Å². The minimum absolute atomic E-state index is 0. The SMILES string of the molecule is CN=C(NCC1CCN(CCOC)CC1)NC1CC(C)N(C2CC2)C1.I. The fraction of sp³-hybridized carbons (Fsp3) is 0.947. The van der Waals surface area contributed by atoms with Gasteiger partial charge in [0.2, 0.25) is 0 Å². The van der Waals surface area contributed by atoms with Gasteiger partial charge in [-0.1, -0.05) is 0 Å².